The predicted molar refractivity (Wildman–Crippen MR) is 110 cm³/mol. The van der Waals surface area contributed by atoms with Gasteiger partial charge in [-0.15, -0.1) is 0 Å². The zero-order valence-electron chi connectivity index (χ0n) is 15.3. The molecule has 1 aromatic heterocycles. The lowest BCUT2D eigenvalue weighted by molar-refractivity contribution is 0.0953. The average Bonchev–Trinajstić information content (AvgIpc) is 2.71. The molecule has 0 saturated heterocycles. The van der Waals surface area contributed by atoms with Crippen LogP contribution >= 0.6 is 11.6 Å². The van der Waals surface area contributed by atoms with Crippen LogP contribution in [-0.2, 0) is 12.8 Å². The zero-order chi connectivity index (χ0) is 19.8. The van der Waals surface area contributed by atoms with Crippen molar-refractivity contribution >= 4 is 23.2 Å². The molecule has 6 heteroatoms. The lowest BCUT2D eigenvalue weighted by atomic mass is 10.1. The number of nitrogens with one attached hydrogen (secondary N) is 2. The van der Waals surface area contributed by atoms with Crippen molar-refractivity contribution in [3.63, 3.8) is 0 Å². The second kappa shape index (κ2) is 9.85. The molecule has 0 aliphatic rings. The molecule has 3 rings (SSSR count). The van der Waals surface area contributed by atoms with Gasteiger partial charge in [0.2, 0.25) is 0 Å². The minimum atomic E-state index is -0.259. The maximum Gasteiger partial charge on any atom is 0.252 e. The van der Waals surface area contributed by atoms with Gasteiger partial charge in [-0.2, -0.15) is 0 Å². The molecular weight excluding hydrogens is 377 g/mol. The summed E-state index contributed by atoms with van der Waals surface area (Å²) in [4.78, 5) is 16.4. The molecule has 0 aliphatic carbocycles. The van der Waals surface area contributed by atoms with Crippen LogP contribution in [0.5, 0.6) is 0 Å². The third kappa shape index (κ3) is 5.79. The largest absolute Gasteiger partial charge is 0.383 e. The Bertz CT molecular complexity index is 931. The van der Waals surface area contributed by atoms with Crippen LogP contribution in [0.1, 0.15) is 21.5 Å². The van der Waals surface area contributed by atoms with E-state index in [0.29, 0.717) is 30.6 Å². The van der Waals surface area contributed by atoms with Crippen LogP contribution in [0.25, 0.3) is 0 Å². The lowest BCUT2D eigenvalue weighted by Gasteiger charge is -2.09. The van der Waals surface area contributed by atoms with E-state index in [0.717, 1.165) is 17.1 Å². The number of benzene rings is 2. The van der Waals surface area contributed by atoms with Gasteiger partial charge < -0.3 is 10.6 Å². The fourth-order valence-electron chi connectivity index (χ4n) is 2.78. The number of carbonyl (C=O) groups is 1. The molecule has 2 aromatic carbocycles. The van der Waals surface area contributed by atoms with E-state index in [2.05, 4.69) is 15.6 Å². The fourth-order valence-corrected chi connectivity index (χ4v) is 2.90. The smallest absolute Gasteiger partial charge is 0.252 e. The third-order valence-electron chi connectivity index (χ3n) is 4.29. The molecule has 2 N–H and O–H groups in total. The number of pyridine rings is 1. The lowest BCUT2D eigenvalue weighted by Crippen LogP contribution is -2.26. The Kier molecular flexibility index (Phi) is 6.98. The van der Waals surface area contributed by atoms with Gasteiger partial charge in [0.05, 0.1) is 11.3 Å². The normalized spacial score (nSPS) is 10.5. The molecule has 1 heterocycles. The first-order chi connectivity index (χ1) is 13.6. The Morgan fingerprint density at radius 3 is 2.57 bits per heavy atom. The van der Waals surface area contributed by atoms with E-state index in [9.17, 15) is 9.18 Å². The van der Waals surface area contributed by atoms with Crippen molar-refractivity contribution in [2.75, 3.05) is 18.4 Å². The molecule has 0 bridgehead atoms. The first-order valence-corrected chi connectivity index (χ1v) is 9.44. The number of rotatable bonds is 8. The summed E-state index contributed by atoms with van der Waals surface area (Å²) in [5.74, 6) is -0.490. The Balaban J connectivity index is 1.48. The molecule has 0 fully saturated rings. The van der Waals surface area contributed by atoms with E-state index in [-0.39, 0.29) is 11.7 Å². The van der Waals surface area contributed by atoms with Gasteiger partial charge in [0.15, 0.2) is 0 Å². The van der Waals surface area contributed by atoms with Gasteiger partial charge in [-0.05, 0) is 48.2 Å². The van der Waals surface area contributed by atoms with Crippen molar-refractivity contribution in [2.45, 2.75) is 12.8 Å². The second-order valence-electron chi connectivity index (χ2n) is 6.36. The molecule has 28 heavy (non-hydrogen) atoms. The molecule has 0 unspecified atom stereocenters. The highest BCUT2D eigenvalue weighted by Crippen LogP contribution is 2.12. The summed E-state index contributed by atoms with van der Waals surface area (Å²) < 4.78 is 13.6. The summed E-state index contributed by atoms with van der Waals surface area (Å²) in [5, 5.41) is 6.79. The number of hydrogen-bond donors (Lipinski definition) is 2. The number of amides is 1. The van der Waals surface area contributed by atoms with Gasteiger partial charge >= 0.3 is 0 Å². The highest BCUT2D eigenvalue weighted by Gasteiger charge is 2.08. The minimum absolute atomic E-state index is 0.231. The summed E-state index contributed by atoms with van der Waals surface area (Å²) in [5.41, 5.74) is 2.99. The summed E-state index contributed by atoms with van der Waals surface area (Å²) >= 11 is 5.89. The number of halogens is 2. The fraction of sp³-hybridized carbons (Fsp3) is 0.182. The molecule has 0 saturated carbocycles. The van der Waals surface area contributed by atoms with Crippen molar-refractivity contribution in [3.8, 4) is 0 Å². The molecule has 144 valence electrons. The molecule has 3 aromatic rings. The van der Waals surface area contributed by atoms with E-state index in [1.807, 2.05) is 24.3 Å². The molecule has 0 aliphatic heterocycles. The highest BCUT2D eigenvalue weighted by atomic mass is 35.5. The zero-order valence-corrected chi connectivity index (χ0v) is 16.0. The Hall–Kier alpha value is -2.92. The summed E-state index contributed by atoms with van der Waals surface area (Å²) in [6.07, 6.45) is 4.46. The van der Waals surface area contributed by atoms with E-state index in [1.54, 1.807) is 30.5 Å². The van der Waals surface area contributed by atoms with Crippen LogP contribution in [0.4, 0.5) is 10.1 Å². The number of carbonyl (C=O) groups excluding carboxylic acids is 1. The van der Waals surface area contributed by atoms with Crippen molar-refractivity contribution in [1.82, 2.24) is 10.3 Å². The van der Waals surface area contributed by atoms with Crippen molar-refractivity contribution in [1.29, 1.82) is 0 Å². The first kappa shape index (κ1) is 19.8. The maximum absolute atomic E-state index is 13.6. The van der Waals surface area contributed by atoms with E-state index in [4.69, 9.17) is 11.6 Å². The number of aromatic nitrogens is 1. The van der Waals surface area contributed by atoms with Crippen LogP contribution in [0.15, 0.2) is 67.0 Å². The van der Waals surface area contributed by atoms with Gasteiger partial charge in [0.1, 0.15) is 5.82 Å². The van der Waals surface area contributed by atoms with Gasteiger partial charge in [-0.25, -0.2) is 4.39 Å². The minimum Gasteiger partial charge on any atom is -0.383 e. The Morgan fingerprint density at radius 2 is 1.79 bits per heavy atom. The monoisotopic (exact) mass is 397 g/mol. The molecule has 4 nitrogen and oxygen atoms in total. The molecule has 0 radical (unpaired) electrons. The first-order valence-electron chi connectivity index (χ1n) is 9.07. The topological polar surface area (TPSA) is 54.0 Å². The van der Waals surface area contributed by atoms with Crippen LogP contribution in [0.3, 0.4) is 0 Å². The van der Waals surface area contributed by atoms with Gasteiger partial charge in [-0.1, -0.05) is 41.9 Å². The summed E-state index contributed by atoms with van der Waals surface area (Å²) in [7, 11) is 0. The van der Waals surface area contributed by atoms with Crippen molar-refractivity contribution in [3.05, 3.63) is 94.5 Å². The van der Waals surface area contributed by atoms with Crippen LogP contribution < -0.4 is 10.6 Å². The third-order valence-corrected chi connectivity index (χ3v) is 4.55. The van der Waals surface area contributed by atoms with Crippen LogP contribution in [0, 0.1) is 5.82 Å². The SMILES string of the molecule is O=C(NCCc1ccccc1F)c1cncc(NCCc2ccc(Cl)cc2)c1. The predicted octanol–water partition coefficient (Wildman–Crippen LogP) is 4.50. The summed E-state index contributed by atoms with van der Waals surface area (Å²) in [6.45, 7) is 1.07. The quantitative estimate of drug-likeness (QED) is 0.588. The summed E-state index contributed by atoms with van der Waals surface area (Å²) in [6, 6.07) is 16.0. The average molecular weight is 398 g/mol. The highest BCUT2D eigenvalue weighted by molar-refractivity contribution is 6.30. The Morgan fingerprint density at radius 1 is 1.00 bits per heavy atom. The number of nitrogens with zero attached hydrogens (tertiary/aromatic N) is 1. The van der Waals surface area contributed by atoms with E-state index in [1.165, 1.54) is 17.8 Å². The van der Waals surface area contributed by atoms with E-state index < -0.39 is 0 Å². The molecular formula is C22H21ClFN3O. The van der Waals surface area contributed by atoms with Gasteiger partial charge in [0, 0.05) is 30.5 Å². The van der Waals surface area contributed by atoms with Crippen LogP contribution in [-0.4, -0.2) is 24.0 Å². The Labute approximate surface area is 168 Å². The van der Waals surface area contributed by atoms with Crippen molar-refractivity contribution < 1.29 is 9.18 Å². The van der Waals surface area contributed by atoms with Gasteiger partial charge in [-0.3, -0.25) is 9.78 Å². The molecule has 1 amide bonds. The maximum atomic E-state index is 13.6. The number of anilines is 1. The van der Waals surface area contributed by atoms with Crippen LogP contribution in [0.2, 0.25) is 5.02 Å². The standard InChI is InChI=1S/C22H21ClFN3O/c23-19-7-5-16(6-8-19)9-11-26-20-13-18(14-25-15-20)22(28)27-12-10-17-3-1-2-4-21(17)24/h1-8,13-15,26H,9-12H2,(H,27,28). The second-order valence-corrected chi connectivity index (χ2v) is 6.80. The van der Waals surface area contributed by atoms with Gasteiger partial charge in [0.25, 0.3) is 5.91 Å². The molecule has 0 atom stereocenters. The molecule has 0 spiro atoms. The van der Waals surface area contributed by atoms with E-state index >= 15 is 0 Å². The van der Waals surface area contributed by atoms with Crippen molar-refractivity contribution in [2.24, 2.45) is 0 Å². The number of hydrogen-bond acceptors (Lipinski definition) is 3.